The van der Waals surface area contributed by atoms with E-state index in [-0.39, 0.29) is 23.7 Å². The molecule has 12 heteroatoms. The van der Waals surface area contributed by atoms with Gasteiger partial charge >= 0.3 is 12.0 Å². The van der Waals surface area contributed by atoms with Crippen LogP contribution in [0.3, 0.4) is 0 Å². The third-order valence-electron chi connectivity index (χ3n) is 9.49. The summed E-state index contributed by atoms with van der Waals surface area (Å²) in [5, 5.41) is 10.3. The minimum absolute atomic E-state index is 0.0722. The van der Waals surface area contributed by atoms with Crippen LogP contribution in [-0.4, -0.2) is 68.8 Å². The Morgan fingerprint density at radius 3 is 2.46 bits per heavy atom. The molecule has 3 N–H and O–H groups in total. The molecule has 6 rings (SSSR count). The Morgan fingerprint density at radius 2 is 1.70 bits per heavy atom. The van der Waals surface area contributed by atoms with Crippen molar-refractivity contribution >= 4 is 63.4 Å². The zero-order valence-corrected chi connectivity index (χ0v) is 30.7. The first kappa shape index (κ1) is 37.4. The molecule has 1 aliphatic rings. The fourth-order valence-corrected chi connectivity index (χ4v) is 6.66. The van der Waals surface area contributed by atoms with E-state index in [0.717, 1.165) is 59.7 Å². The SMILES string of the molecule is CCN(CC)CCCC(=O)c1c(C)[nH]c(/C=C2\C(=O)Cc3ccc(OC(=O)/C=C\C(=O)n4ncc5ccc(NC(=O)Nc6ccccc6)cc54)cc32)c1C. The zero-order valence-electron chi connectivity index (χ0n) is 30.7. The van der Waals surface area contributed by atoms with Crippen molar-refractivity contribution in [3.63, 3.8) is 0 Å². The second-order valence-electron chi connectivity index (χ2n) is 13.1. The normalized spacial score (nSPS) is 13.2. The Kier molecular flexibility index (Phi) is 11.4. The van der Waals surface area contributed by atoms with Crippen molar-refractivity contribution in [3.05, 3.63) is 119 Å². The molecule has 5 aromatic rings. The van der Waals surface area contributed by atoms with Crippen molar-refractivity contribution in [2.75, 3.05) is 30.3 Å². The molecule has 0 spiro atoms. The summed E-state index contributed by atoms with van der Waals surface area (Å²) in [5.74, 6) is -1.21. The van der Waals surface area contributed by atoms with Crippen LogP contribution in [0.25, 0.3) is 22.6 Å². The number of urea groups is 1. The highest BCUT2D eigenvalue weighted by Gasteiger charge is 2.27. The van der Waals surface area contributed by atoms with E-state index in [1.54, 1.807) is 66.7 Å². The maximum absolute atomic E-state index is 13.2. The second-order valence-corrected chi connectivity index (χ2v) is 13.1. The van der Waals surface area contributed by atoms with Crippen LogP contribution in [0.2, 0.25) is 0 Å². The van der Waals surface area contributed by atoms with E-state index < -0.39 is 17.9 Å². The Balaban J connectivity index is 1.12. The zero-order chi connectivity index (χ0) is 38.4. The summed E-state index contributed by atoms with van der Waals surface area (Å²) in [6.45, 7) is 10.7. The van der Waals surface area contributed by atoms with Crippen molar-refractivity contribution in [3.8, 4) is 5.75 Å². The molecule has 0 atom stereocenters. The summed E-state index contributed by atoms with van der Waals surface area (Å²) in [5.41, 5.74) is 6.26. The van der Waals surface area contributed by atoms with Crippen LogP contribution in [0.1, 0.15) is 69.9 Å². The Labute approximate surface area is 312 Å². The van der Waals surface area contributed by atoms with Crippen molar-refractivity contribution in [1.29, 1.82) is 0 Å². The number of carbonyl (C=O) groups excluding carboxylic acids is 5. The number of para-hydroxylation sites is 1. The number of rotatable bonds is 13. The van der Waals surface area contributed by atoms with Crippen molar-refractivity contribution in [2.24, 2.45) is 0 Å². The van der Waals surface area contributed by atoms with Crippen LogP contribution in [0, 0.1) is 13.8 Å². The van der Waals surface area contributed by atoms with Gasteiger partial charge < -0.3 is 25.3 Å². The number of ketones is 2. The summed E-state index contributed by atoms with van der Waals surface area (Å²) in [6.07, 6.45) is 6.74. The first-order valence-corrected chi connectivity index (χ1v) is 17.9. The molecular weight excluding hydrogens is 684 g/mol. The van der Waals surface area contributed by atoms with Gasteiger partial charge in [0.25, 0.3) is 5.91 Å². The first-order valence-electron chi connectivity index (χ1n) is 17.9. The van der Waals surface area contributed by atoms with Gasteiger partial charge in [0, 0.05) is 64.3 Å². The number of fused-ring (bicyclic) bond motifs is 2. The van der Waals surface area contributed by atoms with Gasteiger partial charge in [-0.3, -0.25) is 14.4 Å². The van der Waals surface area contributed by atoms with Crippen LogP contribution < -0.4 is 15.4 Å². The average Bonchev–Trinajstić information content (AvgIpc) is 3.81. The van der Waals surface area contributed by atoms with Gasteiger partial charge in [0.2, 0.25) is 0 Å². The van der Waals surface area contributed by atoms with Gasteiger partial charge in [-0.05, 0) is 105 Å². The summed E-state index contributed by atoms with van der Waals surface area (Å²) >= 11 is 0. The van der Waals surface area contributed by atoms with E-state index in [1.807, 2.05) is 19.9 Å². The van der Waals surface area contributed by atoms with Crippen LogP contribution in [0.4, 0.5) is 16.2 Å². The molecule has 0 saturated carbocycles. The fourth-order valence-electron chi connectivity index (χ4n) is 6.66. The van der Waals surface area contributed by atoms with E-state index in [1.165, 1.54) is 6.20 Å². The number of nitrogens with one attached hydrogen (secondary N) is 3. The molecule has 0 fully saturated rings. The fraction of sp³-hybridized carbons (Fsp3) is 0.238. The number of aryl methyl sites for hydroxylation is 1. The molecule has 1 aliphatic carbocycles. The first-order chi connectivity index (χ1) is 26.0. The van der Waals surface area contributed by atoms with Gasteiger partial charge in [0.15, 0.2) is 11.6 Å². The molecule has 2 aromatic heterocycles. The molecule has 0 unspecified atom stereocenters. The predicted octanol–water partition coefficient (Wildman–Crippen LogP) is 7.40. The summed E-state index contributed by atoms with van der Waals surface area (Å²) in [7, 11) is 0. The van der Waals surface area contributed by atoms with E-state index in [9.17, 15) is 24.0 Å². The number of H-pyrrole nitrogens is 1. The lowest BCUT2D eigenvalue weighted by Gasteiger charge is -2.17. The number of nitrogens with zero attached hydrogens (tertiary/aromatic N) is 3. The van der Waals surface area contributed by atoms with E-state index in [2.05, 4.69) is 39.5 Å². The number of carbonyl (C=O) groups is 5. The maximum atomic E-state index is 13.2. The van der Waals surface area contributed by atoms with E-state index >= 15 is 0 Å². The Morgan fingerprint density at radius 1 is 0.944 bits per heavy atom. The van der Waals surface area contributed by atoms with Gasteiger partial charge in [0.05, 0.1) is 11.7 Å². The van der Waals surface area contributed by atoms with Crippen molar-refractivity contribution in [1.82, 2.24) is 19.7 Å². The van der Waals surface area contributed by atoms with Crippen LogP contribution in [0.5, 0.6) is 5.75 Å². The number of benzene rings is 3. The molecule has 2 amide bonds. The molecule has 0 saturated heterocycles. The van der Waals surface area contributed by atoms with Gasteiger partial charge in [0.1, 0.15) is 5.75 Å². The smallest absolute Gasteiger partial charge is 0.336 e. The second kappa shape index (κ2) is 16.5. The summed E-state index contributed by atoms with van der Waals surface area (Å²) in [4.78, 5) is 70.4. The molecular formula is C42H42N6O6. The van der Waals surface area contributed by atoms with E-state index in [4.69, 9.17) is 4.74 Å². The number of ether oxygens (including phenoxy) is 1. The monoisotopic (exact) mass is 726 g/mol. The van der Waals surface area contributed by atoms with Crippen LogP contribution >= 0.6 is 0 Å². The van der Waals surface area contributed by atoms with Gasteiger partial charge in [-0.25, -0.2) is 9.59 Å². The highest BCUT2D eigenvalue weighted by molar-refractivity contribution is 6.29. The average molecular weight is 727 g/mol. The molecule has 0 aliphatic heterocycles. The summed E-state index contributed by atoms with van der Waals surface area (Å²) in [6, 6.07) is 18.5. The molecule has 54 heavy (non-hydrogen) atoms. The molecule has 0 bridgehead atoms. The van der Waals surface area contributed by atoms with Crippen molar-refractivity contribution in [2.45, 2.75) is 47.0 Å². The molecule has 276 valence electrons. The van der Waals surface area contributed by atoms with Gasteiger partial charge in [-0.15, -0.1) is 0 Å². The van der Waals surface area contributed by atoms with Crippen molar-refractivity contribution < 1.29 is 28.7 Å². The number of hydrogen-bond acceptors (Lipinski definition) is 8. The van der Waals surface area contributed by atoms with Gasteiger partial charge in [-0.2, -0.15) is 9.78 Å². The number of Topliss-reactive ketones (excluding diaryl/α,β-unsaturated/α-hetero) is 2. The quantitative estimate of drug-likeness (QED) is 0.0491. The van der Waals surface area contributed by atoms with Crippen LogP contribution in [-0.2, 0) is 16.0 Å². The van der Waals surface area contributed by atoms with Crippen LogP contribution in [0.15, 0.2) is 85.1 Å². The van der Waals surface area contributed by atoms with Gasteiger partial charge in [-0.1, -0.05) is 38.1 Å². The lowest BCUT2D eigenvalue weighted by atomic mass is 10.00. The molecule has 2 heterocycles. The van der Waals surface area contributed by atoms with E-state index in [0.29, 0.717) is 51.1 Å². The number of aromatic amines is 1. The topological polar surface area (TPSA) is 155 Å². The Hall–Kier alpha value is -6.40. The third kappa shape index (κ3) is 8.45. The lowest BCUT2D eigenvalue weighted by molar-refractivity contribution is -0.129. The molecule has 12 nitrogen and oxygen atoms in total. The largest absolute Gasteiger partial charge is 0.423 e. The third-order valence-corrected chi connectivity index (χ3v) is 9.49. The number of aromatic nitrogens is 3. The minimum atomic E-state index is -0.797. The molecule has 0 radical (unpaired) electrons. The number of amides is 2. The minimum Gasteiger partial charge on any atom is -0.423 e. The number of esters is 1. The summed E-state index contributed by atoms with van der Waals surface area (Å²) < 4.78 is 6.65. The Bertz CT molecular complexity index is 2310. The number of hydrogen-bond donors (Lipinski definition) is 3. The standard InChI is InChI=1S/C42H42N6O6/c1-5-47(6-2)20-10-13-37(49)41-26(3)35(44-27(41)4)24-34-33-23-32(17-15-28(33)21-38(34)50)54-40(52)19-18-39(51)48-36-22-31(16-14-29(36)25-43-48)46-42(53)45-30-11-8-7-9-12-30/h7-9,11-12,14-19,22-25,44H,5-6,10,13,20-21H2,1-4H3,(H2,45,46,53)/b19-18-,34-24-. The molecule has 3 aromatic carbocycles. The predicted molar refractivity (Wildman–Crippen MR) is 209 cm³/mol. The number of allylic oxidation sites excluding steroid dienone is 2. The number of anilines is 2. The highest BCUT2D eigenvalue weighted by atomic mass is 16.5. The maximum Gasteiger partial charge on any atom is 0.336 e. The highest BCUT2D eigenvalue weighted by Crippen LogP contribution is 2.35. The lowest BCUT2D eigenvalue weighted by Crippen LogP contribution is -2.24.